The number of hydrogen-bond acceptors (Lipinski definition) is 4. The quantitative estimate of drug-likeness (QED) is 0.484. The lowest BCUT2D eigenvalue weighted by Gasteiger charge is -2.18. The lowest BCUT2D eigenvalue weighted by molar-refractivity contribution is -0.119. The highest BCUT2D eigenvalue weighted by molar-refractivity contribution is 5.94. The van der Waals surface area contributed by atoms with Crippen LogP contribution < -0.4 is 10.9 Å². The van der Waals surface area contributed by atoms with E-state index in [-0.39, 0.29) is 11.5 Å². The highest BCUT2D eigenvalue weighted by atomic mass is 16.2. The largest absolute Gasteiger partial charge is 0.324 e. The number of aryl methyl sites for hydroxylation is 4. The van der Waals surface area contributed by atoms with Crippen LogP contribution in [0.15, 0.2) is 47.3 Å². The van der Waals surface area contributed by atoms with Crippen molar-refractivity contribution in [3.63, 3.8) is 0 Å². The Morgan fingerprint density at radius 2 is 1.70 bits per heavy atom. The second-order valence-corrected chi connectivity index (χ2v) is 8.55. The molecular weight excluding hydrogens is 414 g/mol. The van der Waals surface area contributed by atoms with Crippen LogP contribution in [0.3, 0.4) is 0 Å². The van der Waals surface area contributed by atoms with Crippen molar-refractivity contribution in [3.05, 3.63) is 80.9 Å². The Kier molecular flexibility index (Phi) is 5.89. The summed E-state index contributed by atoms with van der Waals surface area (Å²) >= 11 is 0. The molecule has 2 heterocycles. The van der Waals surface area contributed by atoms with Gasteiger partial charge in [0.05, 0.1) is 22.5 Å². The zero-order valence-electron chi connectivity index (χ0n) is 19.9. The van der Waals surface area contributed by atoms with Crippen LogP contribution in [0.1, 0.15) is 47.5 Å². The van der Waals surface area contributed by atoms with Gasteiger partial charge < -0.3 is 5.32 Å². The summed E-state index contributed by atoms with van der Waals surface area (Å²) in [5, 5.41) is 12.9. The van der Waals surface area contributed by atoms with Crippen LogP contribution in [0.25, 0.3) is 16.6 Å². The first-order chi connectivity index (χ1) is 15.7. The predicted octanol–water partition coefficient (Wildman–Crippen LogP) is 4.71. The molecule has 1 N–H and O–H groups in total. The first-order valence-corrected chi connectivity index (χ1v) is 11.2. The lowest BCUT2D eigenvalue weighted by Crippen LogP contribution is -2.35. The van der Waals surface area contributed by atoms with E-state index in [1.165, 1.54) is 4.68 Å². The van der Waals surface area contributed by atoms with E-state index >= 15 is 0 Å². The summed E-state index contributed by atoms with van der Waals surface area (Å²) in [7, 11) is 0. The number of rotatable bonds is 5. The number of aromatic nitrogens is 4. The van der Waals surface area contributed by atoms with E-state index in [1.54, 1.807) is 4.68 Å². The van der Waals surface area contributed by atoms with Gasteiger partial charge in [-0.3, -0.25) is 9.59 Å². The number of carbonyl (C=O) groups excluding carboxylic acids is 1. The molecule has 2 aromatic carbocycles. The Bertz CT molecular complexity index is 1410. The fraction of sp³-hybridized carbons (Fsp3) is 0.308. The van der Waals surface area contributed by atoms with Crippen molar-refractivity contribution < 1.29 is 4.79 Å². The van der Waals surface area contributed by atoms with E-state index in [1.807, 2.05) is 84.0 Å². The molecule has 4 aromatic rings. The molecule has 0 fully saturated rings. The molecule has 33 heavy (non-hydrogen) atoms. The van der Waals surface area contributed by atoms with Gasteiger partial charge in [-0.25, -0.2) is 9.36 Å². The zero-order valence-corrected chi connectivity index (χ0v) is 19.9. The van der Waals surface area contributed by atoms with Gasteiger partial charge in [-0.2, -0.15) is 10.2 Å². The minimum absolute atomic E-state index is 0.269. The molecule has 0 unspecified atom stereocenters. The van der Waals surface area contributed by atoms with Gasteiger partial charge in [-0.1, -0.05) is 36.8 Å². The highest BCUT2D eigenvalue weighted by Gasteiger charge is 2.25. The molecule has 1 amide bonds. The van der Waals surface area contributed by atoms with Crippen molar-refractivity contribution in [2.24, 2.45) is 0 Å². The van der Waals surface area contributed by atoms with Gasteiger partial charge in [0.25, 0.3) is 5.56 Å². The molecule has 1 atom stereocenters. The molecule has 0 radical (unpaired) electrons. The van der Waals surface area contributed by atoms with Gasteiger partial charge in [-0.15, -0.1) is 0 Å². The summed E-state index contributed by atoms with van der Waals surface area (Å²) in [6.07, 6.45) is 0.423. The predicted molar refractivity (Wildman–Crippen MR) is 131 cm³/mol. The summed E-state index contributed by atoms with van der Waals surface area (Å²) in [6, 6.07) is 13.0. The molecule has 0 aliphatic heterocycles. The van der Waals surface area contributed by atoms with E-state index in [4.69, 9.17) is 0 Å². The first kappa shape index (κ1) is 22.5. The SMILES string of the molecule is CC[C@H](C(=O)Nc1cccc(C)c1C)n1nc(C)c2c(C)n(-c3ccc(C)cc3)nc2c1=O. The fourth-order valence-corrected chi connectivity index (χ4v) is 4.17. The topological polar surface area (TPSA) is 81.8 Å². The molecule has 0 saturated heterocycles. The smallest absolute Gasteiger partial charge is 0.295 e. The van der Waals surface area contributed by atoms with Crippen LogP contribution in [-0.4, -0.2) is 25.5 Å². The van der Waals surface area contributed by atoms with Crippen molar-refractivity contribution in [2.75, 3.05) is 5.32 Å². The van der Waals surface area contributed by atoms with Crippen molar-refractivity contribution in [1.82, 2.24) is 19.6 Å². The van der Waals surface area contributed by atoms with Crippen LogP contribution in [0.4, 0.5) is 5.69 Å². The molecule has 0 aliphatic rings. The molecular formula is C26H29N5O2. The summed E-state index contributed by atoms with van der Waals surface area (Å²) in [6.45, 7) is 11.6. The molecule has 2 aromatic heterocycles. The maximum Gasteiger partial charge on any atom is 0.295 e. The Morgan fingerprint density at radius 3 is 2.36 bits per heavy atom. The average molecular weight is 444 g/mol. The van der Waals surface area contributed by atoms with Crippen LogP contribution in [0.5, 0.6) is 0 Å². The Morgan fingerprint density at radius 1 is 1.00 bits per heavy atom. The van der Waals surface area contributed by atoms with Gasteiger partial charge in [0, 0.05) is 5.69 Å². The summed E-state index contributed by atoms with van der Waals surface area (Å²) in [5.41, 5.74) is 6.31. The maximum atomic E-state index is 13.5. The van der Waals surface area contributed by atoms with E-state index in [9.17, 15) is 9.59 Å². The monoisotopic (exact) mass is 443 g/mol. The molecule has 0 spiro atoms. The Labute approximate surface area is 193 Å². The first-order valence-electron chi connectivity index (χ1n) is 11.2. The Balaban J connectivity index is 1.79. The third kappa shape index (κ3) is 3.95. The number of fused-ring (bicyclic) bond motifs is 1. The molecule has 0 bridgehead atoms. The lowest BCUT2D eigenvalue weighted by atomic mass is 10.1. The van der Waals surface area contributed by atoms with Gasteiger partial charge in [-0.05, 0) is 70.4 Å². The molecule has 7 nitrogen and oxygen atoms in total. The number of nitrogens with zero attached hydrogens (tertiary/aromatic N) is 4. The summed E-state index contributed by atoms with van der Waals surface area (Å²) in [5.74, 6) is -0.269. The van der Waals surface area contributed by atoms with E-state index in [0.717, 1.165) is 39.1 Å². The van der Waals surface area contributed by atoms with Crippen LogP contribution in [0, 0.1) is 34.6 Å². The normalized spacial score (nSPS) is 12.2. The number of anilines is 1. The van der Waals surface area contributed by atoms with Crippen molar-refractivity contribution in [2.45, 2.75) is 54.0 Å². The summed E-state index contributed by atoms with van der Waals surface area (Å²) < 4.78 is 3.05. The number of benzene rings is 2. The third-order valence-corrected chi connectivity index (χ3v) is 6.27. The van der Waals surface area contributed by atoms with E-state index in [2.05, 4.69) is 15.5 Å². The number of hydrogen-bond donors (Lipinski definition) is 1. The minimum Gasteiger partial charge on any atom is -0.324 e. The van der Waals surface area contributed by atoms with Crippen LogP contribution >= 0.6 is 0 Å². The second kappa shape index (κ2) is 8.65. The van der Waals surface area contributed by atoms with Gasteiger partial charge in [0.1, 0.15) is 6.04 Å². The fourth-order valence-electron chi connectivity index (χ4n) is 4.17. The number of carbonyl (C=O) groups is 1. The maximum absolute atomic E-state index is 13.5. The molecule has 0 aliphatic carbocycles. The minimum atomic E-state index is -0.745. The molecule has 0 saturated carbocycles. The van der Waals surface area contributed by atoms with Gasteiger partial charge in [0.2, 0.25) is 5.91 Å². The zero-order chi connectivity index (χ0) is 23.9. The van der Waals surface area contributed by atoms with E-state index in [0.29, 0.717) is 17.6 Å². The second-order valence-electron chi connectivity index (χ2n) is 8.55. The third-order valence-electron chi connectivity index (χ3n) is 6.27. The van der Waals surface area contributed by atoms with Crippen LogP contribution in [-0.2, 0) is 4.79 Å². The number of amides is 1. The van der Waals surface area contributed by atoms with E-state index < -0.39 is 6.04 Å². The van der Waals surface area contributed by atoms with Crippen molar-refractivity contribution >= 4 is 22.5 Å². The number of nitrogens with one attached hydrogen (secondary N) is 1. The Hall–Kier alpha value is -3.74. The van der Waals surface area contributed by atoms with Crippen molar-refractivity contribution in [1.29, 1.82) is 0 Å². The average Bonchev–Trinajstić information content (AvgIpc) is 3.14. The summed E-state index contributed by atoms with van der Waals surface area (Å²) in [4.78, 5) is 26.7. The van der Waals surface area contributed by atoms with Gasteiger partial charge >= 0.3 is 0 Å². The van der Waals surface area contributed by atoms with Gasteiger partial charge in [0.15, 0.2) is 5.52 Å². The molecule has 170 valence electrons. The highest BCUT2D eigenvalue weighted by Crippen LogP contribution is 2.24. The van der Waals surface area contributed by atoms with Crippen LogP contribution in [0.2, 0.25) is 0 Å². The standard InChI is InChI=1S/C26H29N5O2/c1-7-22(25(32)27-21-10-8-9-16(3)17(21)4)31-26(33)24-23(18(5)28-31)19(6)30(29-24)20-13-11-15(2)12-14-20/h8-14,22H,7H2,1-6H3,(H,27,32)/t22-/m1/s1. The molecule has 7 heteroatoms. The van der Waals surface area contributed by atoms with Crippen molar-refractivity contribution in [3.8, 4) is 5.69 Å². The molecule has 4 rings (SSSR count).